The number of nitrogens with two attached hydrogens (primary N) is 1. The molecule has 0 aliphatic carbocycles. The van der Waals surface area contributed by atoms with Crippen molar-refractivity contribution >= 4 is 28.8 Å². The van der Waals surface area contributed by atoms with E-state index in [1.165, 1.54) is 6.07 Å². The van der Waals surface area contributed by atoms with Crippen LogP contribution in [0.3, 0.4) is 0 Å². The molecule has 3 N–H and O–H groups in total. The lowest BCUT2D eigenvalue weighted by Crippen LogP contribution is -1.99. The van der Waals surface area contributed by atoms with E-state index in [2.05, 4.69) is 20.4 Å². The topological polar surface area (TPSA) is 81.7 Å². The van der Waals surface area contributed by atoms with Gasteiger partial charge in [-0.25, -0.2) is 9.37 Å². The molecule has 3 heterocycles. The van der Waals surface area contributed by atoms with Crippen LogP contribution in [0.2, 0.25) is 5.15 Å². The number of halogens is 2. The Bertz CT molecular complexity index is 1140. The monoisotopic (exact) mass is 394 g/mol. The van der Waals surface area contributed by atoms with Crippen LogP contribution in [0.4, 0.5) is 21.6 Å². The van der Waals surface area contributed by atoms with Gasteiger partial charge < -0.3 is 11.1 Å². The highest BCUT2D eigenvalue weighted by molar-refractivity contribution is 6.29. The van der Waals surface area contributed by atoms with Gasteiger partial charge in [-0.05, 0) is 42.0 Å². The maximum absolute atomic E-state index is 13.1. The van der Waals surface area contributed by atoms with Crippen molar-refractivity contribution in [2.45, 2.75) is 0 Å². The van der Waals surface area contributed by atoms with Crippen molar-refractivity contribution in [2.24, 2.45) is 7.05 Å². The number of pyridine rings is 2. The molecule has 8 heteroatoms. The summed E-state index contributed by atoms with van der Waals surface area (Å²) in [7, 11) is 1.86. The minimum Gasteiger partial charge on any atom is -0.397 e. The quantitative estimate of drug-likeness (QED) is 0.388. The van der Waals surface area contributed by atoms with E-state index < -0.39 is 5.82 Å². The van der Waals surface area contributed by atoms with Crippen LogP contribution in [0, 0.1) is 5.82 Å². The molecule has 0 saturated carbocycles. The summed E-state index contributed by atoms with van der Waals surface area (Å²) >= 11 is 6.15. The van der Waals surface area contributed by atoms with Gasteiger partial charge in [0, 0.05) is 24.4 Å². The van der Waals surface area contributed by atoms with E-state index in [-0.39, 0.29) is 5.15 Å². The smallest absolute Gasteiger partial charge is 0.141 e. The van der Waals surface area contributed by atoms with Gasteiger partial charge in [0.25, 0.3) is 0 Å². The zero-order valence-electron chi connectivity index (χ0n) is 14.9. The Kier molecular flexibility index (Phi) is 4.67. The van der Waals surface area contributed by atoms with Crippen LogP contribution in [0.25, 0.3) is 22.4 Å². The lowest BCUT2D eigenvalue weighted by atomic mass is 10.1. The van der Waals surface area contributed by atoms with Gasteiger partial charge in [0.1, 0.15) is 16.8 Å². The van der Waals surface area contributed by atoms with Gasteiger partial charge in [0.05, 0.1) is 29.5 Å². The summed E-state index contributed by atoms with van der Waals surface area (Å²) in [5.74, 6) is 0.109. The summed E-state index contributed by atoms with van der Waals surface area (Å²) in [6, 6.07) is 12.1. The maximum Gasteiger partial charge on any atom is 0.141 e. The number of aryl methyl sites for hydroxylation is 1. The minimum absolute atomic E-state index is 0.289. The lowest BCUT2D eigenvalue weighted by Gasteiger charge is -2.11. The first-order valence-corrected chi connectivity index (χ1v) is 8.81. The molecule has 28 heavy (non-hydrogen) atoms. The first-order chi connectivity index (χ1) is 13.5. The summed E-state index contributed by atoms with van der Waals surface area (Å²) in [6.07, 6.45) is 4.86. The Morgan fingerprint density at radius 3 is 2.57 bits per heavy atom. The predicted octanol–water partition coefficient (Wildman–Crippen LogP) is 4.66. The molecule has 4 aromatic rings. The number of hydrogen-bond acceptors (Lipinski definition) is 5. The Hall–Kier alpha value is -3.45. The molecule has 0 saturated heterocycles. The zero-order valence-corrected chi connectivity index (χ0v) is 15.7. The standard InChI is InChI=1S/C20H16ClFN6/c1-28-11-14(9-25-28)12-2-4-18(16(23)6-12)26-20-8-13(7-19(21)27-20)17-5-3-15(22)10-24-17/h2-11H,23H2,1H3,(H,26,27). The first-order valence-electron chi connectivity index (χ1n) is 8.43. The van der Waals surface area contributed by atoms with Crippen molar-refractivity contribution in [3.63, 3.8) is 0 Å². The van der Waals surface area contributed by atoms with Gasteiger partial charge in [-0.1, -0.05) is 17.7 Å². The zero-order chi connectivity index (χ0) is 19.7. The molecule has 0 bridgehead atoms. The van der Waals surface area contributed by atoms with E-state index in [1.807, 2.05) is 31.4 Å². The summed E-state index contributed by atoms with van der Waals surface area (Å²) in [6.45, 7) is 0. The maximum atomic E-state index is 13.1. The number of benzene rings is 1. The van der Waals surface area contributed by atoms with Gasteiger partial charge >= 0.3 is 0 Å². The second-order valence-electron chi connectivity index (χ2n) is 6.26. The molecule has 0 fully saturated rings. The van der Waals surface area contributed by atoms with E-state index in [1.54, 1.807) is 29.1 Å². The summed E-state index contributed by atoms with van der Waals surface area (Å²) in [5.41, 5.74) is 10.7. The molecule has 0 amide bonds. The average molecular weight is 395 g/mol. The molecule has 0 aliphatic rings. The molecule has 0 spiro atoms. The number of nitrogens with one attached hydrogen (secondary N) is 1. The number of nitrogens with zero attached hydrogens (tertiary/aromatic N) is 4. The molecule has 0 aliphatic heterocycles. The van der Waals surface area contributed by atoms with Crippen molar-refractivity contribution < 1.29 is 4.39 Å². The number of rotatable bonds is 4. The first kappa shape index (κ1) is 17.9. The number of aromatic nitrogens is 4. The Morgan fingerprint density at radius 1 is 1.04 bits per heavy atom. The van der Waals surface area contributed by atoms with E-state index in [0.717, 1.165) is 17.3 Å². The third-order valence-corrected chi connectivity index (χ3v) is 4.36. The molecule has 0 radical (unpaired) electrons. The van der Waals surface area contributed by atoms with Crippen LogP contribution in [0.5, 0.6) is 0 Å². The van der Waals surface area contributed by atoms with Gasteiger partial charge in [0.15, 0.2) is 0 Å². The SMILES string of the molecule is Cn1cc(-c2ccc(Nc3cc(-c4ccc(F)cn4)cc(Cl)n3)c(N)c2)cn1. The largest absolute Gasteiger partial charge is 0.397 e. The van der Waals surface area contributed by atoms with Crippen molar-refractivity contribution in [1.29, 1.82) is 0 Å². The van der Waals surface area contributed by atoms with E-state index in [0.29, 0.717) is 28.5 Å². The molecule has 0 unspecified atom stereocenters. The molecule has 140 valence electrons. The van der Waals surface area contributed by atoms with Crippen LogP contribution in [-0.4, -0.2) is 19.7 Å². The Labute approximate surface area is 165 Å². The fourth-order valence-electron chi connectivity index (χ4n) is 2.82. The van der Waals surface area contributed by atoms with Crippen LogP contribution in [0.15, 0.2) is 61.1 Å². The van der Waals surface area contributed by atoms with Crippen molar-refractivity contribution in [1.82, 2.24) is 19.7 Å². The van der Waals surface area contributed by atoms with Gasteiger partial charge in [0.2, 0.25) is 0 Å². The van der Waals surface area contributed by atoms with Crippen LogP contribution in [-0.2, 0) is 7.05 Å². The molecule has 6 nitrogen and oxygen atoms in total. The molecular formula is C20H16ClFN6. The highest BCUT2D eigenvalue weighted by Crippen LogP contribution is 2.30. The average Bonchev–Trinajstić information content (AvgIpc) is 3.10. The second kappa shape index (κ2) is 7.28. The fourth-order valence-corrected chi connectivity index (χ4v) is 3.03. The van der Waals surface area contributed by atoms with Crippen LogP contribution in [0.1, 0.15) is 0 Å². The number of hydrogen-bond donors (Lipinski definition) is 2. The molecule has 0 atom stereocenters. The van der Waals surface area contributed by atoms with Gasteiger partial charge in [-0.15, -0.1) is 0 Å². The van der Waals surface area contributed by atoms with Gasteiger partial charge in [-0.2, -0.15) is 5.10 Å². The molecule has 1 aromatic carbocycles. The normalized spacial score (nSPS) is 10.8. The molecule has 3 aromatic heterocycles. The van der Waals surface area contributed by atoms with Crippen LogP contribution < -0.4 is 11.1 Å². The minimum atomic E-state index is -0.399. The van der Waals surface area contributed by atoms with E-state index >= 15 is 0 Å². The molecule has 4 rings (SSSR count). The third-order valence-electron chi connectivity index (χ3n) is 4.17. The van der Waals surface area contributed by atoms with E-state index in [9.17, 15) is 4.39 Å². The van der Waals surface area contributed by atoms with E-state index in [4.69, 9.17) is 17.3 Å². The number of nitrogen functional groups attached to an aromatic ring is 1. The van der Waals surface area contributed by atoms with Crippen molar-refractivity contribution in [3.05, 3.63) is 72.0 Å². The summed E-state index contributed by atoms with van der Waals surface area (Å²) < 4.78 is 14.9. The highest BCUT2D eigenvalue weighted by atomic mass is 35.5. The van der Waals surface area contributed by atoms with Crippen molar-refractivity contribution in [3.8, 4) is 22.4 Å². The van der Waals surface area contributed by atoms with Gasteiger partial charge in [-0.3, -0.25) is 9.67 Å². The molecular weight excluding hydrogens is 379 g/mol. The third kappa shape index (κ3) is 3.79. The van der Waals surface area contributed by atoms with Crippen molar-refractivity contribution in [2.75, 3.05) is 11.1 Å². The van der Waals surface area contributed by atoms with Crippen LogP contribution >= 0.6 is 11.6 Å². The summed E-state index contributed by atoms with van der Waals surface area (Å²) in [4.78, 5) is 8.36. The Balaban J connectivity index is 1.63. The highest BCUT2D eigenvalue weighted by Gasteiger charge is 2.09. The summed E-state index contributed by atoms with van der Waals surface area (Å²) in [5, 5.41) is 7.64. The second-order valence-corrected chi connectivity index (χ2v) is 6.64. The number of anilines is 3. The Morgan fingerprint density at radius 2 is 1.89 bits per heavy atom. The fraction of sp³-hybridized carbons (Fsp3) is 0.0500. The lowest BCUT2D eigenvalue weighted by molar-refractivity contribution is 0.622. The predicted molar refractivity (Wildman–Crippen MR) is 109 cm³/mol.